The van der Waals surface area contributed by atoms with Gasteiger partial charge in [-0.2, -0.15) is 0 Å². The van der Waals surface area contributed by atoms with E-state index in [1.807, 2.05) is 43.1 Å². The molecule has 0 unspecified atom stereocenters. The van der Waals surface area contributed by atoms with Crippen molar-refractivity contribution in [3.8, 4) is 0 Å². The highest BCUT2D eigenvalue weighted by Crippen LogP contribution is 2.28. The lowest BCUT2D eigenvalue weighted by molar-refractivity contribution is 0.0656. The summed E-state index contributed by atoms with van der Waals surface area (Å²) < 4.78 is 5.80. The maximum atomic E-state index is 12.7. The van der Waals surface area contributed by atoms with Crippen LogP contribution in [0.5, 0.6) is 0 Å². The summed E-state index contributed by atoms with van der Waals surface area (Å²) in [7, 11) is 1.99. The monoisotopic (exact) mass is 336 g/mol. The second-order valence-electron chi connectivity index (χ2n) is 6.18. The lowest BCUT2D eigenvalue weighted by Crippen LogP contribution is -2.39. The molecular formula is C18H25ClN2O2. The fourth-order valence-electron chi connectivity index (χ4n) is 3.30. The summed E-state index contributed by atoms with van der Waals surface area (Å²) in [5.41, 5.74) is 1.75. The first-order valence-electron chi connectivity index (χ1n) is 8.12. The van der Waals surface area contributed by atoms with Crippen molar-refractivity contribution in [2.45, 2.75) is 26.2 Å². The van der Waals surface area contributed by atoms with Crippen molar-refractivity contribution in [3.05, 3.63) is 35.6 Å². The third-order valence-electron chi connectivity index (χ3n) is 4.74. The van der Waals surface area contributed by atoms with E-state index in [-0.39, 0.29) is 18.3 Å². The molecule has 3 rings (SSSR count). The first kappa shape index (κ1) is 17.8. The van der Waals surface area contributed by atoms with Crippen LogP contribution in [0.1, 0.15) is 35.4 Å². The van der Waals surface area contributed by atoms with Crippen molar-refractivity contribution >= 4 is 29.3 Å². The van der Waals surface area contributed by atoms with Crippen LogP contribution in [0.25, 0.3) is 11.0 Å². The van der Waals surface area contributed by atoms with E-state index in [1.165, 1.54) is 6.42 Å². The summed E-state index contributed by atoms with van der Waals surface area (Å²) in [6, 6.07) is 7.84. The minimum atomic E-state index is 0. The topological polar surface area (TPSA) is 45.5 Å². The SMILES string of the molecule is CNCCC1CCN(C(=O)c2oc3ccccc3c2C)CC1.Cl. The Bertz CT molecular complexity index is 660. The zero-order valence-electron chi connectivity index (χ0n) is 13.8. The standard InChI is InChI=1S/C18H24N2O2.ClH/c1-13-15-5-3-4-6-16(15)22-17(13)18(21)20-11-8-14(9-12-20)7-10-19-2;/h3-6,14,19H,7-12H2,1-2H3;1H. The van der Waals surface area contributed by atoms with E-state index in [1.54, 1.807) is 0 Å². The van der Waals surface area contributed by atoms with Gasteiger partial charge in [0.2, 0.25) is 0 Å². The number of halogens is 1. The Morgan fingerprint density at radius 1 is 1.30 bits per heavy atom. The number of rotatable bonds is 4. The van der Waals surface area contributed by atoms with E-state index in [4.69, 9.17) is 4.42 Å². The first-order chi connectivity index (χ1) is 10.7. The number of likely N-dealkylation sites (tertiary alicyclic amines) is 1. The van der Waals surface area contributed by atoms with Crippen LogP contribution in [-0.4, -0.2) is 37.5 Å². The quantitative estimate of drug-likeness (QED) is 0.927. The Kier molecular flexibility index (Phi) is 6.08. The van der Waals surface area contributed by atoms with Crippen LogP contribution >= 0.6 is 12.4 Å². The number of piperidine rings is 1. The Hall–Kier alpha value is -1.52. The zero-order valence-corrected chi connectivity index (χ0v) is 14.6. The summed E-state index contributed by atoms with van der Waals surface area (Å²) >= 11 is 0. The Morgan fingerprint density at radius 2 is 2.00 bits per heavy atom. The molecule has 1 aromatic carbocycles. The fourth-order valence-corrected chi connectivity index (χ4v) is 3.30. The normalized spacial score (nSPS) is 15.7. The number of fused-ring (bicyclic) bond motifs is 1. The molecule has 1 amide bonds. The van der Waals surface area contributed by atoms with Crippen LogP contribution in [0.15, 0.2) is 28.7 Å². The number of carbonyl (C=O) groups is 1. The predicted octanol–water partition coefficient (Wildman–Crippen LogP) is 3.62. The lowest BCUT2D eigenvalue weighted by atomic mass is 9.93. The largest absolute Gasteiger partial charge is 0.451 e. The third-order valence-corrected chi connectivity index (χ3v) is 4.74. The molecule has 0 aliphatic carbocycles. The lowest BCUT2D eigenvalue weighted by Gasteiger charge is -2.31. The molecule has 0 spiro atoms. The van der Waals surface area contributed by atoms with Crippen LogP contribution in [0, 0.1) is 12.8 Å². The van der Waals surface area contributed by atoms with Crippen molar-refractivity contribution in [2.75, 3.05) is 26.7 Å². The van der Waals surface area contributed by atoms with Gasteiger partial charge in [-0.3, -0.25) is 4.79 Å². The molecule has 23 heavy (non-hydrogen) atoms. The number of nitrogens with one attached hydrogen (secondary N) is 1. The maximum absolute atomic E-state index is 12.7. The molecule has 1 aliphatic rings. The summed E-state index contributed by atoms with van der Waals surface area (Å²) in [5, 5.41) is 4.24. The molecule has 0 radical (unpaired) electrons. The third kappa shape index (κ3) is 3.70. The summed E-state index contributed by atoms with van der Waals surface area (Å²) in [6.07, 6.45) is 3.38. The smallest absolute Gasteiger partial charge is 0.289 e. The van der Waals surface area contributed by atoms with Crippen LogP contribution < -0.4 is 5.32 Å². The molecule has 5 heteroatoms. The Labute approximate surface area is 143 Å². The molecule has 1 aromatic heterocycles. The minimum absolute atomic E-state index is 0. The van der Waals surface area contributed by atoms with Crippen LogP contribution in [0.2, 0.25) is 0 Å². The summed E-state index contributed by atoms with van der Waals surface area (Å²) in [6.45, 7) is 4.70. The Morgan fingerprint density at radius 3 is 2.65 bits per heavy atom. The molecule has 1 aliphatic heterocycles. The zero-order chi connectivity index (χ0) is 15.5. The predicted molar refractivity (Wildman–Crippen MR) is 95.4 cm³/mol. The van der Waals surface area contributed by atoms with E-state index >= 15 is 0 Å². The van der Waals surface area contributed by atoms with E-state index in [9.17, 15) is 4.79 Å². The van der Waals surface area contributed by atoms with Gasteiger partial charge in [-0.05, 0) is 51.8 Å². The van der Waals surface area contributed by atoms with Gasteiger partial charge in [-0.15, -0.1) is 12.4 Å². The number of para-hydroxylation sites is 1. The van der Waals surface area contributed by atoms with Gasteiger partial charge in [0.25, 0.3) is 5.91 Å². The van der Waals surface area contributed by atoms with Gasteiger partial charge in [-0.25, -0.2) is 0 Å². The average Bonchev–Trinajstić information content (AvgIpc) is 2.90. The number of hydrogen-bond donors (Lipinski definition) is 1. The highest BCUT2D eigenvalue weighted by atomic mass is 35.5. The molecule has 0 bridgehead atoms. The number of furan rings is 1. The number of amides is 1. The second kappa shape index (κ2) is 7.84. The van der Waals surface area contributed by atoms with Crippen LogP contribution in [0.4, 0.5) is 0 Å². The summed E-state index contributed by atoms with van der Waals surface area (Å²) in [4.78, 5) is 14.7. The first-order valence-corrected chi connectivity index (χ1v) is 8.12. The van der Waals surface area contributed by atoms with E-state index in [2.05, 4.69) is 5.32 Å². The number of aryl methyl sites for hydroxylation is 1. The van der Waals surface area contributed by atoms with Crippen molar-refractivity contribution in [2.24, 2.45) is 5.92 Å². The highest BCUT2D eigenvalue weighted by Gasteiger charge is 2.27. The van der Waals surface area contributed by atoms with Crippen molar-refractivity contribution < 1.29 is 9.21 Å². The number of hydrogen-bond acceptors (Lipinski definition) is 3. The van der Waals surface area contributed by atoms with Gasteiger partial charge in [0.1, 0.15) is 5.58 Å². The molecule has 1 fully saturated rings. The number of nitrogens with zero attached hydrogens (tertiary/aromatic N) is 1. The molecule has 0 atom stereocenters. The molecule has 4 nitrogen and oxygen atoms in total. The molecule has 2 heterocycles. The molecule has 2 aromatic rings. The number of benzene rings is 1. The minimum Gasteiger partial charge on any atom is -0.451 e. The maximum Gasteiger partial charge on any atom is 0.289 e. The van der Waals surface area contributed by atoms with Crippen molar-refractivity contribution in [3.63, 3.8) is 0 Å². The average molecular weight is 337 g/mol. The van der Waals surface area contributed by atoms with Gasteiger partial charge >= 0.3 is 0 Å². The molecule has 126 valence electrons. The van der Waals surface area contributed by atoms with Gasteiger partial charge in [0.15, 0.2) is 5.76 Å². The Balaban J connectivity index is 0.00000192. The van der Waals surface area contributed by atoms with Gasteiger partial charge in [0, 0.05) is 24.0 Å². The molecule has 1 N–H and O–H groups in total. The van der Waals surface area contributed by atoms with Gasteiger partial charge < -0.3 is 14.6 Å². The van der Waals surface area contributed by atoms with Crippen LogP contribution in [-0.2, 0) is 0 Å². The van der Waals surface area contributed by atoms with Gasteiger partial charge in [0.05, 0.1) is 0 Å². The number of carbonyl (C=O) groups excluding carboxylic acids is 1. The highest BCUT2D eigenvalue weighted by molar-refractivity contribution is 5.98. The molecular weight excluding hydrogens is 312 g/mol. The van der Waals surface area contributed by atoms with E-state index in [0.29, 0.717) is 5.76 Å². The van der Waals surface area contributed by atoms with Crippen molar-refractivity contribution in [1.82, 2.24) is 10.2 Å². The fraction of sp³-hybridized carbons (Fsp3) is 0.500. The van der Waals surface area contributed by atoms with E-state index < -0.39 is 0 Å². The molecule has 1 saturated heterocycles. The summed E-state index contributed by atoms with van der Waals surface area (Å²) in [5.74, 6) is 1.28. The van der Waals surface area contributed by atoms with E-state index in [0.717, 1.165) is 54.9 Å². The van der Waals surface area contributed by atoms with Crippen molar-refractivity contribution in [1.29, 1.82) is 0 Å². The molecule has 0 saturated carbocycles. The van der Waals surface area contributed by atoms with Crippen LogP contribution in [0.3, 0.4) is 0 Å². The second-order valence-corrected chi connectivity index (χ2v) is 6.18. The van der Waals surface area contributed by atoms with Gasteiger partial charge in [-0.1, -0.05) is 18.2 Å².